The van der Waals surface area contributed by atoms with Crippen molar-refractivity contribution in [2.45, 2.75) is 31.6 Å². The maximum Gasteiger partial charge on any atom is 0.416 e. The molecular weight excluding hydrogens is 344 g/mol. The number of carbonyl (C=O) groups excluding carboxylic acids is 2. The van der Waals surface area contributed by atoms with E-state index in [9.17, 15) is 27.2 Å². The molecule has 9 heteroatoms. The van der Waals surface area contributed by atoms with Gasteiger partial charge in [-0.25, -0.2) is 4.39 Å². The fourth-order valence-electron chi connectivity index (χ4n) is 2.82. The van der Waals surface area contributed by atoms with Gasteiger partial charge < -0.3 is 10.1 Å². The quantitative estimate of drug-likeness (QED) is 0.644. The number of hydrogen-bond donors (Lipinski definition) is 1. The van der Waals surface area contributed by atoms with Crippen LogP contribution in [0.25, 0.3) is 0 Å². The second-order valence-electron chi connectivity index (χ2n) is 5.73. The zero-order valence-electron chi connectivity index (χ0n) is 13.5. The molecule has 1 N–H and O–H groups in total. The lowest BCUT2D eigenvalue weighted by molar-refractivity contribution is -0.146. The number of carbonyl (C=O) groups is 2. The normalized spacial score (nSPS) is 18.2. The summed E-state index contributed by atoms with van der Waals surface area (Å²) in [7, 11) is 1.26. The van der Waals surface area contributed by atoms with Crippen LogP contribution in [0.15, 0.2) is 18.2 Å². The predicted molar refractivity (Wildman–Crippen MR) is 79.9 cm³/mol. The van der Waals surface area contributed by atoms with Crippen molar-refractivity contribution in [2.75, 3.05) is 20.2 Å². The third kappa shape index (κ3) is 4.91. The van der Waals surface area contributed by atoms with E-state index in [2.05, 4.69) is 10.1 Å². The zero-order valence-corrected chi connectivity index (χ0v) is 13.5. The van der Waals surface area contributed by atoms with Gasteiger partial charge in [-0.3, -0.25) is 14.5 Å². The molecule has 0 bridgehead atoms. The van der Waals surface area contributed by atoms with E-state index < -0.39 is 35.5 Å². The number of benzene rings is 1. The molecule has 2 rings (SSSR count). The fourth-order valence-corrected chi connectivity index (χ4v) is 2.82. The SMILES string of the molecule is COC(=O)C1CCCN1CC(=O)NCc1ccc(F)cc1C(F)(F)F. The van der Waals surface area contributed by atoms with Gasteiger partial charge in [-0.2, -0.15) is 13.2 Å². The molecule has 25 heavy (non-hydrogen) atoms. The van der Waals surface area contributed by atoms with E-state index in [1.165, 1.54) is 7.11 Å². The highest BCUT2D eigenvalue weighted by atomic mass is 19.4. The van der Waals surface area contributed by atoms with Gasteiger partial charge in [0.15, 0.2) is 0 Å². The molecule has 0 saturated carbocycles. The van der Waals surface area contributed by atoms with Crippen molar-refractivity contribution in [1.82, 2.24) is 10.2 Å². The summed E-state index contributed by atoms with van der Waals surface area (Å²) >= 11 is 0. The molecule has 138 valence electrons. The van der Waals surface area contributed by atoms with Crippen LogP contribution in [0.2, 0.25) is 0 Å². The lowest BCUT2D eigenvalue weighted by Gasteiger charge is -2.21. The smallest absolute Gasteiger partial charge is 0.416 e. The van der Waals surface area contributed by atoms with E-state index in [0.717, 1.165) is 18.6 Å². The van der Waals surface area contributed by atoms with E-state index in [-0.39, 0.29) is 18.7 Å². The lowest BCUT2D eigenvalue weighted by Crippen LogP contribution is -2.43. The molecule has 1 aliphatic heterocycles. The number of hydrogen-bond acceptors (Lipinski definition) is 4. The maximum absolute atomic E-state index is 13.1. The molecule has 5 nitrogen and oxygen atoms in total. The monoisotopic (exact) mass is 362 g/mol. The minimum atomic E-state index is -4.72. The second-order valence-corrected chi connectivity index (χ2v) is 5.73. The van der Waals surface area contributed by atoms with Crippen molar-refractivity contribution in [1.29, 1.82) is 0 Å². The lowest BCUT2D eigenvalue weighted by atomic mass is 10.1. The molecule has 1 saturated heterocycles. The average Bonchev–Trinajstić information content (AvgIpc) is 3.00. The molecular formula is C16H18F4N2O3. The van der Waals surface area contributed by atoms with E-state index in [0.29, 0.717) is 19.0 Å². The Kier molecular flexibility index (Phi) is 5.99. The van der Waals surface area contributed by atoms with Crippen molar-refractivity contribution < 1.29 is 31.9 Å². The summed E-state index contributed by atoms with van der Waals surface area (Å²) in [5, 5.41) is 2.38. The Morgan fingerprint density at radius 3 is 2.72 bits per heavy atom. The van der Waals surface area contributed by atoms with Crippen LogP contribution < -0.4 is 5.32 Å². The van der Waals surface area contributed by atoms with Crippen LogP contribution in [0.1, 0.15) is 24.0 Å². The van der Waals surface area contributed by atoms with Crippen LogP contribution in [-0.4, -0.2) is 43.0 Å². The maximum atomic E-state index is 13.1. The summed E-state index contributed by atoms with van der Waals surface area (Å²) in [6.45, 7) is 0.0184. The molecule has 0 aliphatic carbocycles. The molecule has 0 spiro atoms. The largest absolute Gasteiger partial charge is 0.468 e. The number of rotatable bonds is 5. The summed E-state index contributed by atoms with van der Waals surface area (Å²) < 4.78 is 56.5. The van der Waals surface area contributed by atoms with Crippen molar-refractivity contribution in [3.8, 4) is 0 Å². The van der Waals surface area contributed by atoms with Gasteiger partial charge in [0.25, 0.3) is 0 Å². The molecule has 1 heterocycles. The Bertz CT molecular complexity index is 649. The average molecular weight is 362 g/mol. The molecule has 1 unspecified atom stereocenters. The molecule has 1 fully saturated rings. The Balaban J connectivity index is 1.98. The number of ether oxygens (including phenoxy) is 1. The van der Waals surface area contributed by atoms with Crippen molar-refractivity contribution in [3.63, 3.8) is 0 Å². The molecule has 1 aliphatic rings. The number of methoxy groups -OCH3 is 1. The summed E-state index contributed by atoms with van der Waals surface area (Å²) in [5.41, 5.74) is -1.35. The number of amides is 1. The number of alkyl halides is 3. The number of esters is 1. The Labute approximate surface area is 141 Å². The molecule has 0 radical (unpaired) electrons. The number of nitrogens with one attached hydrogen (secondary N) is 1. The third-order valence-electron chi connectivity index (χ3n) is 4.04. The highest BCUT2D eigenvalue weighted by molar-refractivity contribution is 5.80. The summed E-state index contributed by atoms with van der Waals surface area (Å²) in [4.78, 5) is 25.2. The fraction of sp³-hybridized carbons (Fsp3) is 0.500. The molecule has 1 aromatic rings. The first-order valence-corrected chi connectivity index (χ1v) is 7.66. The second kappa shape index (κ2) is 7.81. The minimum absolute atomic E-state index is 0.123. The molecule has 1 amide bonds. The van der Waals surface area contributed by atoms with Gasteiger partial charge in [0.2, 0.25) is 5.91 Å². The van der Waals surface area contributed by atoms with Gasteiger partial charge in [0, 0.05) is 6.54 Å². The van der Waals surface area contributed by atoms with Crippen LogP contribution >= 0.6 is 0 Å². The highest BCUT2D eigenvalue weighted by Crippen LogP contribution is 2.32. The van der Waals surface area contributed by atoms with Crippen molar-refractivity contribution >= 4 is 11.9 Å². The Morgan fingerprint density at radius 1 is 1.36 bits per heavy atom. The van der Waals surface area contributed by atoms with Gasteiger partial charge in [0.1, 0.15) is 11.9 Å². The van der Waals surface area contributed by atoms with Crippen LogP contribution in [0.4, 0.5) is 17.6 Å². The third-order valence-corrected chi connectivity index (χ3v) is 4.04. The summed E-state index contributed by atoms with van der Waals surface area (Å²) in [5.74, 6) is -1.96. The highest BCUT2D eigenvalue weighted by Gasteiger charge is 2.34. The molecule has 0 aromatic heterocycles. The first-order chi connectivity index (χ1) is 11.7. The van der Waals surface area contributed by atoms with Gasteiger partial charge in [0.05, 0.1) is 19.2 Å². The number of halogens is 4. The van der Waals surface area contributed by atoms with Crippen LogP contribution in [-0.2, 0) is 27.0 Å². The van der Waals surface area contributed by atoms with Gasteiger partial charge in [-0.05, 0) is 37.1 Å². The van der Waals surface area contributed by atoms with Crippen molar-refractivity contribution in [2.24, 2.45) is 0 Å². The Hall–Kier alpha value is -2.16. The van der Waals surface area contributed by atoms with E-state index >= 15 is 0 Å². The van der Waals surface area contributed by atoms with Crippen molar-refractivity contribution in [3.05, 3.63) is 35.1 Å². The van der Waals surface area contributed by atoms with E-state index in [1.54, 1.807) is 4.90 Å². The molecule has 1 aromatic carbocycles. The van der Waals surface area contributed by atoms with Gasteiger partial charge >= 0.3 is 12.1 Å². The summed E-state index contributed by atoms with van der Waals surface area (Å²) in [6, 6.07) is 1.78. The standard InChI is InChI=1S/C16H18F4N2O3/c1-25-15(24)13-3-2-6-22(13)9-14(23)21-8-10-4-5-11(17)7-12(10)16(18,19)20/h4-5,7,13H,2-3,6,8-9H2,1H3,(H,21,23). The first-order valence-electron chi connectivity index (χ1n) is 7.66. The topological polar surface area (TPSA) is 58.6 Å². The number of likely N-dealkylation sites (tertiary alicyclic amines) is 1. The first kappa shape index (κ1) is 19.2. The predicted octanol–water partition coefficient (Wildman–Crippen LogP) is 2.10. The minimum Gasteiger partial charge on any atom is -0.468 e. The van der Waals surface area contributed by atoms with Gasteiger partial charge in [-0.15, -0.1) is 0 Å². The number of nitrogens with zero attached hydrogens (tertiary/aromatic N) is 1. The Morgan fingerprint density at radius 2 is 2.08 bits per heavy atom. The van der Waals surface area contributed by atoms with Crippen LogP contribution in [0.5, 0.6) is 0 Å². The van der Waals surface area contributed by atoms with E-state index in [1.807, 2.05) is 0 Å². The molecule has 1 atom stereocenters. The van der Waals surface area contributed by atoms with E-state index in [4.69, 9.17) is 0 Å². The zero-order chi connectivity index (χ0) is 18.6. The summed E-state index contributed by atoms with van der Waals surface area (Å²) in [6.07, 6.45) is -3.42. The van der Waals surface area contributed by atoms with Crippen LogP contribution in [0, 0.1) is 5.82 Å². The van der Waals surface area contributed by atoms with Crippen LogP contribution in [0.3, 0.4) is 0 Å². The van der Waals surface area contributed by atoms with Gasteiger partial charge in [-0.1, -0.05) is 6.07 Å².